The van der Waals surface area contributed by atoms with Gasteiger partial charge < -0.3 is 5.32 Å². The highest BCUT2D eigenvalue weighted by Crippen LogP contribution is 2.27. The first-order valence-electron chi connectivity index (χ1n) is 7.28. The monoisotopic (exact) mass is 350 g/mol. The molecule has 0 aliphatic rings. The van der Waals surface area contributed by atoms with Crippen molar-refractivity contribution < 1.29 is 17.6 Å². The van der Waals surface area contributed by atoms with E-state index in [4.69, 9.17) is 0 Å². The van der Waals surface area contributed by atoms with Crippen LogP contribution < -0.4 is 10.0 Å². The van der Waals surface area contributed by atoms with Gasteiger partial charge in [-0.3, -0.25) is 9.52 Å². The second kappa shape index (κ2) is 6.60. The molecule has 0 aliphatic heterocycles. The third-order valence-electron chi connectivity index (χ3n) is 3.42. The Morgan fingerprint density at radius 2 is 1.62 bits per heavy atom. The number of hydrogen-bond donors (Lipinski definition) is 2. The lowest BCUT2D eigenvalue weighted by Gasteiger charge is -2.15. The summed E-state index contributed by atoms with van der Waals surface area (Å²) in [5.74, 6) is -0.890. The van der Waals surface area contributed by atoms with Crippen molar-refractivity contribution in [3.05, 3.63) is 52.8 Å². The summed E-state index contributed by atoms with van der Waals surface area (Å²) in [4.78, 5) is 11.2. The standard InChI is InChI=1S/C17H19FN2O3S/c1-10-5-6-15(18)16(7-10)20-24(22,23)17-11(2)8-14(9-12(17)3)19-13(4)21/h5-9,20H,1-4H3,(H,19,21). The smallest absolute Gasteiger partial charge is 0.262 e. The molecule has 0 heterocycles. The molecule has 0 atom stereocenters. The highest BCUT2D eigenvalue weighted by Gasteiger charge is 2.22. The zero-order valence-corrected chi connectivity index (χ0v) is 14.7. The van der Waals surface area contributed by atoms with Crippen LogP contribution in [0.15, 0.2) is 35.2 Å². The van der Waals surface area contributed by atoms with Gasteiger partial charge in [-0.05, 0) is 61.7 Å². The van der Waals surface area contributed by atoms with Gasteiger partial charge in [0.15, 0.2) is 0 Å². The van der Waals surface area contributed by atoms with Crippen molar-refractivity contribution in [3.63, 3.8) is 0 Å². The number of hydrogen-bond acceptors (Lipinski definition) is 3. The molecule has 5 nitrogen and oxygen atoms in total. The van der Waals surface area contributed by atoms with Crippen LogP contribution in [-0.4, -0.2) is 14.3 Å². The highest BCUT2D eigenvalue weighted by molar-refractivity contribution is 7.92. The van der Waals surface area contributed by atoms with Gasteiger partial charge in [-0.2, -0.15) is 0 Å². The minimum atomic E-state index is -3.96. The van der Waals surface area contributed by atoms with E-state index in [0.29, 0.717) is 16.8 Å². The van der Waals surface area contributed by atoms with E-state index >= 15 is 0 Å². The van der Waals surface area contributed by atoms with Crippen LogP contribution in [0.25, 0.3) is 0 Å². The summed E-state index contributed by atoms with van der Waals surface area (Å²) in [6.07, 6.45) is 0. The minimum Gasteiger partial charge on any atom is -0.326 e. The summed E-state index contributed by atoms with van der Waals surface area (Å²) in [6, 6.07) is 7.34. The number of sulfonamides is 1. The average Bonchev–Trinajstić information content (AvgIpc) is 2.40. The van der Waals surface area contributed by atoms with Gasteiger partial charge in [0, 0.05) is 12.6 Å². The molecule has 0 fully saturated rings. The van der Waals surface area contributed by atoms with Gasteiger partial charge >= 0.3 is 0 Å². The van der Waals surface area contributed by atoms with E-state index in [1.54, 1.807) is 39.0 Å². The maximum atomic E-state index is 13.8. The Kier molecular flexibility index (Phi) is 4.94. The first kappa shape index (κ1) is 17.9. The number of amides is 1. The van der Waals surface area contributed by atoms with E-state index in [0.717, 1.165) is 5.56 Å². The van der Waals surface area contributed by atoms with Crippen LogP contribution in [0.2, 0.25) is 0 Å². The molecular weight excluding hydrogens is 331 g/mol. The van der Waals surface area contributed by atoms with Crippen molar-refractivity contribution in [1.29, 1.82) is 0 Å². The number of carbonyl (C=O) groups is 1. The Bertz CT molecular complexity index is 885. The van der Waals surface area contributed by atoms with Crippen molar-refractivity contribution in [2.45, 2.75) is 32.6 Å². The van der Waals surface area contributed by atoms with Crippen LogP contribution in [0.1, 0.15) is 23.6 Å². The maximum Gasteiger partial charge on any atom is 0.262 e. The minimum absolute atomic E-state index is 0.0671. The normalized spacial score (nSPS) is 11.2. The molecule has 0 saturated carbocycles. The van der Waals surface area contributed by atoms with E-state index in [1.807, 2.05) is 0 Å². The van der Waals surface area contributed by atoms with Crippen molar-refractivity contribution in [2.75, 3.05) is 10.0 Å². The molecule has 0 bridgehead atoms. The lowest BCUT2D eigenvalue weighted by atomic mass is 10.1. The molecule has 7 heteroatoms. The van der Waals surface area contributed by atoms with Crippen molar-refractivity contribution in [3.8, 4) is 0 Å². The highest BCUT2D eigenvalue weighted by atomic mass is 32.2. The number of carbonyl (C=O) groups excluding carboxylic acids is 1. The predicted molar refractivity (Wildman–Crippen MR) is 92.2 cm³/mol. The van der Waals surface area contributed by atoms with Gasteiger partial charge in [0.2, 0.25) is 5.91 Å². The zero-order valence-electron chi connectivity index (χ0n) is 13.9. The van der Waals surface area contributed by atoms with E-state index in [-0.39, 0.29) is 16.5 Å². The molecule has 24 heavy (non-hydrogen) atoms. The van der Waals surface area contributed by atoms with E-state index in [1.165, 1.54) is 19.1 Å². The molecule has 0 unspecified atom stereocenters. The molecule has 2 N–H and O–H groups in total. The predicted octanol–water partition coefficient (Wildman–Crippen LogP) is 3.51. The zero-order chi connectivity index (χ0) is 18.1. The lowest BCUT2D eigenvalue weighted by Crippen LogP contribution is -2.17. The first-order valence-corrected chi connectivity index (χ1v) is 8.76. The summed E-state index contributed by atoms with van der Waals surface area (Å²) in [5, 5.41) is 2.62. The SMILES string of the molecule is CC(=O)Nc1cc(C)c(S(=O)(=O)Nc2cc(C)ccc2F)c(C)c1. The fraction of sp³-hybridized carbons (Fsp3) is 0.235. The molecule has 1 amide bonds. The molecular formula is C17H19FN2O3S. The summed E-state index contributed by atoms with van der Waals surface area (Å²) in [5.41, 5.74) is 2.07. The Morgan fingerprint density at radius 1 is 1.04 bits per heavy atom. The van der Waals surface area contributed by atoms with E-state index in [2.05, 4.69) is 10.0 Å². The van der Waals surface area contributed by atoms with Crippen LogP contribution in [0.4, 0.5) is 15.8 Å². The number of aryl methyl sites for hydroxylation is 3. The Hall–Kier alpha value is -2.41. The number of anilines is 2. The molecule has 2 aromatic carbocycles. The molecule has 0 spiro atoms. The Balaban J connectivity index is 2.46. The fourth-order valence-electron chi connectivity index (χ4n) is 2.56. The van der Waals surface area contributed by atoms with E-state index < -0.39 is 15.8 Å². The van der Waals surface area contributed by atoms with Crippen LogP contribution >= 0.6 is 0 Å². The van der Waals surface area contributed by atoms with Crippen molar-refractivity contribution in [1.82, 2.24) is 0 Å². The van der Waals surface area contributed by atoms with Crippen LogP contribution in [-0.2, 0) is 14.8 Å². The lowest BCUT2D eigenvalue weighted by molar-refractivity contribution is -0.114. The van der Waals surface area contributed by atoms with Crippen LogP contribution in [0.3, 0.4) is 0 Å². The van der Waals surface area contributed by atoms with Crippen LogP contribution in [0, 0.1) is 26.6 Å². The van der Waals surface area contributed by atoms with Crippen molar-refractivity contribution in [2.24, 2.45) is 0 Å². The molecule has 0 saturated heterocycles. The molecule has 0 aliphatic carbocycles. The second-order valence-electron chi connectivity index (χ2n) is 5.71. The topological polar surface area (TPSA) is 75.3 Å². The summed E-state index contributed by atoms with van der Waals surface area (Å²) in [6.45, 7) is 6.37. The largest absolute Gasteiger partial charge is 0.326 e. The van der Waals surface area contributed by atoms with Crippen molar-refractivity contribution >= 4 is 27.3 Å². The first-order chi connectivity index (χ1) is 11.1. The fourth-order valence-corrected chi connectivity index (χ4v) is 4.08. The molecule has 2 rings (SSSR count). The van der Waals surface area contributed by atoms with Gasteiger partial charge in [0.25, 0.3) is 10.0 Å². The average molecular weight is 350 g/mol. The number of rotatable bonds is 4. The quantitative estimate of drug-likeness (QED) is 0.886. The maximum absolute atomic E-state index is 13.8. The number of nitrogens with one attached hydrogen (secondary N) is 2. The van der Waals surface area contributed by atoms with Crippen LogP contribution in [0.5, 0.6) is 0 Å². The third-order valence-corrected chi connectivity index (χ3v) is 5.09. The second-order valence-corrected chi connectivity index (χ2v) is 7.33. The van der Waals surface area contributed by atoms with Gasteiger partial charge in [0.05, 0.1) is 10.6 Å². The van der Waals surface area contributed by atoms with Gasteiger partial charge in [-0.15, -0.1) is 0 Å². The number of halogens is 1. The van der Waals surface area contributed by atoms with Gasteiger partial charge in [0.1, 0.15) is 5.82 Å². The molecule has 128 valence electrons. The number of benzene rings is 2. The molecule has 2 aromatic rings. The van der Waals surface area contributed by atoms with Gasteiger partial charge in [-0.1, -0.05) is 6.07 Å². The van der Waals surface area contributed by atoms with E-state index in [9.17, 15) is 17.6 Å². The Labute approximate surface area is 141 Å². The molecule has 0 aromatic heterocycles. The summed E-state index contributed by atoms with van der Waals surface area (Å²) >= 11 is 0. The molecule has 0 radical (unpaired) electrons. The summed E-state index contributed by atoms with van der Waals surface area (Å²) in [7, 11) is -3.96. The summed E-state index contributed by atoms with van der Waals surface area (Å²) < 4.78 is 41.5. The Morgan fingerprint density at radius 3 is 2.17 bits per heavy atom. The third kappa shape index (κ3) is 3.91. The van der Waals surface area contributed by atoms with Gasteiger partial charge in [-0.25, -0.2) is 12.8 Å².